The third kappa shape index (κ3) is 2.71. The molecule has 2 aliphatic heterocycles. The summed E-state index contributed by atoms with van der Waals surface area (Å²) in [7, 11) is 0. The molecule has 2 saturated carbocycles. The van der Waals surface area contributed by atoms with Crippen LogP contribution in [0.1, 0.15) is 86.5 Å². The molecule has 0 N–H and O–H groups in total. The van der Waals surface area contributed by atoms with Crippen LogP contribution in [0.2, 0.25) is 0 Å². The number of nitrogens with zero attached hydrogens (tertiary/aromatic N) is 2. The van der Waals surface area contributed by atoms with E-state index >= 15 is 0 Å². The van der Waals surface area contributed by atoms with Crippen LogP contribution in [0, 0.1) is 10.8 Å². The zero-order valence-electron chi connectivity index (χ0n) is 16.8. The molecule has 4 heteroatoms. The van der Waals surface area contributed by atoms with Gasteiger partial charge < -0.3 is 9.47 Å². The first-order valence-electron chi connectivity index (χ1n) is 10.1. The predicted octanol–water partition coefficient (Wildman–Crippen LogP) is 4.91. The highest BCUT2D eigenvalue weighted by Crippen LogP contribution is 2.51. The molecule has 2 atom stereocenters. The fraction of sp³-hybridized carbons (Fsp3) is 0.905. The molecule has 4 aliphatic rings. The van der Waals surface area contributed by atoms with Crippen LogP contribution in [0.4, 0.5) is 0 Å². The van der Waals surface area contributed by atoms with Crippen LogP contribution in [-0.2, 0) is 9.47 Å². The van der Waals surface area contributed by atoms with E-state index in [1.54, 1.807) is 0 Å². The summed E-state index contributed by atoms with van der Waals surface area (Å²) >= 11 is 0. The first kappa shape index (κ1) is 17.4. The highest BCUT2D eigenvalue weighted by Gasteiger charge is 2.57. The van der Waals surface area contributed by atoms with Gasteiger partial charge in [-0.05, 0) is 49.4 Å². The van der Waals surface area contributed by atoms with E-state index in [-0.39, 0.29) is 34.1 Å². The van der Waals surface area contributed by atoms with Crippen molar-refractivity contribution in [2.24, 2.45) is 20.8 Å². The molecule has 25 heavy (non-hydrogen) atoms. The lowest BCUT2D eigenvalue weighted by atomic mass is 9.67. The summed E-state index contributed by atoms with van der Waals surface area (Å²) in [5.41, 5.74) is 0.155. The lowest BCUT2D eigenvalue weighted by Gasteiger charge is -2.46. The van der Waals surface area contributed by atoms with Gasteiger partial charge in [0.05, 0.1) is 18.5 Å². The van der Waals surface area contributed by atoms with Gasteiger partial charge in [-0.3, -0.25) is 0 Å². The second-order valence-corrected chi connectivity index (χ2v) is 10.8. The fourth-order valence-electron chi connectivity index (χ4n) is 5.22. The van der Waals surface area contributed by atoms with Gasteiger partial charge in [0, 0.05) is 0 Å². The number of hydrogen-bond acceptors (Lipinski definition) is 4. The van der Waals surface area contributed by atoms with E-state index in [0.29, 0.717) is 6.42 Å². The van der Waals surface area contributed by atoms with Crippen LogP contribution in [-0.4, -0.2) is 35.1 Å². The number of hydrogen-bond donors (Lipinski definition) is 0. The summed E-state index contributed by atoms with van der Waals surface area (Å²) in [5, 5.41) is 0. The molecular formula is C21H34N2O2. The Morgan fingerprint density at radius 3 is 1.32 bits per heavy atom. The normalized spacial score (nSPS) is 32.6. The summed E-state index contributed by atoms with van der Waals surface area (Å²) < 4.78 is 12.8. The second-order valence-electron chi connectivity index (χ2n) is 10.8. The second kappa shape index (κ2) is 5.23. The summed E-state index contributed by atoms with van der Waals surface area (Å²) in [5.74, 6) is 1.70. The van der Waals surface area contributed by atoms with Crippen LogP contribution < -0.4 is 0 Å². The van der Waals surface area contributed by atoms with Crippen molar-refractivity contribution in [1.29, 1.82) is 0 Å². The molecule has 0 bridgehead atoms. The predicted molar refractivity (Wildman–Crippen MR) is 101 cm³/mol. The Balaban J connectivity index is 1.53. The summed E-state index contributed by atoms with van der Waals surface area (Å²) in [6, 6.07) is 0.503. The molecule has 0 saturated heterocycles. The third-order valence-electron chi connectivity index (χ3n) is 6.53. The highest BCUT2D eigenvalue weighted by atomic mass is 16.5. The van der Waals surface area contributed by atoms with E-state index in [2.05, 4.69) is 41.5 Å². The van der Waals surface area contributed by atoms with Gasteiger partial charge in [-0.2, -0.15) is 0 Å². The minimum Gasteiger partial charge on any atom is -0.472 e. The van der Waals surface area contributed by atoms with Crippen molar-refractivity contribution in [2.75, 3.05) is 0 Å². The van der Waals surface area contributed by atoms with Crippen molar-refractivity contribution in [3.05, 3.63) is 0 Å². The quantitative estimate of drug-likeness (QED) is 0.713. The largest absolute Gasteiger partial charge is 0.472 e. The summed E-state index contributed by atoms with van der Waals surface area (Å²) in [6.07, 6.45) is 7.65. The van der Waals surface area contributed by atoms with E-state index in [4.69, 9.17) is 19.5 Å². The van der Waals surface area contributed by atoms with Crippen molar-refractivity contribution in [2.45, 2.75) is 110 Å². The topological polar surface area (TPSA) is 43.2 Å². The molecule has 4 rings (SSSR count). The van der Waals surface area contributed by atoms with Crippen molar-refractivity contribution in [1.82, 2.24) is 0 Å². The first-order chi connectivity index (χ1) is 11.5. The molecule has 0 unspecified atom stereocenters. The zero-order chi connectivity index (χ0) is 18.1. The highest BCUT2D eigenvalue weighted by molar-refractivity contribution is 5.99. The van der Waals surface area contributed by atoms with Gasteiger partial charge in [-0.25, -0.2) is 9.98 Å². The molecule has 0 aromatic heterocycles. The van der Waals surface area contributed by atoms with Gasteiger partial charge >= 0.3 is 0 Å². The van der Waals surface area contributed by atoms with Crippen LogP contribution in [0.25, 0.3) is 0 Å². The number of ether oxygens (including phenoxy) is 2. The molecule has 0 aromatic carbocycles. The van der Waals surface area contributed by atoms with Gasteiger partial charge in [-0.1, -0.05) is 41.5 Å². The summed E-state index contributed by atoms with van der Waals surface area (Å²) in [4.78, 5) is 10.0. The lowest BCUT2D eigenvalue weighted by molar-refractivity contribution is -0.0503. The third-order valence-corrected chi connectivity index (χ3v) is 6.53. The van der Waals surface area contributed by atoms with Crippen LogP contribution >= 0.6 is 0 Å². The standard InChI is InChI=1S/C21H34N2O2/c1-18(2,3)16-20(9-7-10-20)24-14(22-16)13-15-23-17(19(4,5)6)21(25-15)11-8-12-21/h16-17H,7-13H2,1-6H3/t16-,17-/m1/s1. The van der Waals surface area contributed by atoms with Crippen LogP contribution in [0.15, 0.2) is 9.98 Å². The molecule has 0 amide bonds. The average molecular weight is 347 g/mol. The van der Waals surface area contributed by atoms with Gasteiger partial charge in [0.25, 0.3) is 0 Å². The average Bonchev–Trinajstić information content (AvgIpc) is 2.95. The molecule has 140 valence electrons. The summed E-state index contributed by atoms with van der Waals surface area (Å²) in [6.45, 7) is 13.6. The lowest BCUT2D eigenvalue weighted by Crippen LogP contribution is -2.52. The van der Waals surface area contributed by atoms with Gasteiger partial charge in [0.1, 0.15) is 11.2 Å². The van der Waals surface area contributed by atoms with E-state index in [1.807, 2.05) is 0 Å². The Hall–Kier alpha value is -1.06. The van der Waals surface area contributed by atoms with E-state index in [0.717, 1.165) is 37.5 Å². The Morgan fingerprint density at radius 2 is 1.12 bits per heavy atom. The SMILES string of the molecule is CC(C)(C)[C@H]1N=C(CC2=N[C@H](C(C)(C)C)C3(CCC3)O2)OC12CCC2. The van der Waals surface area contributed by atoms with Gasteiger partial charge in [-0.15, -0.1) is 0 Å². The fourth-order valence-corrected chi connectivity index (χ4v) is 5.22. The van der Waals surface area contributed by atoms with E-state index in [9.17, 15) is 0 Å². The number of rotatable bonds is 2. The van der Waals surface area contributed by atoms with Gasteiger partial charge in [0.15, 0.2) is 11.8 Å². The van der Waals surface area contributed by atoms with Crippen molar-refractivity contribution in [3.8, 4) is 0 Å². The molecule has 2 heterocycles. The minimum absolute atomic E-state index is 0.0513. The molecule has 0 aromatic rings. The molecule has 2 aliphatic carbocycles. The van der Waals surface area contributed by atoms with Crippen molar-refractivity contribution in [3.63, 3.8) is 0 Å². The molecule has 4 nitrogen and oxygen atoms in total. The smallest absolute Gasteiger partial charge is 0.193 e. The Kier molecular flexibility index (Phi) is 3.63. The first-order valence-corrected chi connectivity index (χ1v) is 10.1. The van der Waals surface area contributed by atoms with Crippen molar-refractivity contribution < 1.29 is 9.47 Å². The van der Waals surface area contributed by atoms with Gasteiger partial charge in [0.2, 0.25) is 0 Å². The maximum absolute atomic E-state index is 6.42. The zero-order valence-corrected chi connectivity index (χ0v) is 16.8. The van der Waals surface area contributed by atoms with E-state index < -0.39 is 0 Å². The molecule has 2 spiro atoms. The number of aliphatic imine (C=N–C) groups is 2. The monoisotopic (exact) mass is 346 g/mol. The Labute approximate surface area is 152 Å². The van der Waals surface area contributed by atoms with Crippen molar-refractivity contribution >= 4 is 11.8 Å². The molecular weight excluding hydrogens is 312 g/mol. The Morgan fingerprint density at radius 1 is 0.760 bits per heavy atom. The maximum atomic E-state index is 6.42. The molecule has 2 fully saturated rings. The van der Waals surface area contributed by atoms with Crippen LogP contribution in [0.3, 0.4) is 0 Å². The van der Waals surface area contributed by atoms with Crippen LogP contribution in [0.5, 0.6) is 0 Å². The Bertz CT molecular complexity index is 559. The molecule has 0 radical (unpaired) electrons. The minimum atomic E-state index is -0.0513. The van der Waals surface area contributed by atoms with E-state index in [1.165, 1.54) is 12.8 Å². The maximum Gasteiger partial charge on any atom is 0.193 e.